The highest BCUT2D eigenvalue weighted by molar-refractivity contribution is 6.12. The maximum atomic E-state index is 6.47. The number of benzene rings is 10. The minimum absolute atomic E-state index is 0.901. The molecule has 3 aromatic heterocycles. The van der Waals surface area contributed by atoms with Gasteiger partial charge in [0, 0.05) is 66.3 Å². The predicted octanol–water partition coefficient (Wildman–Crippen LogP) is 16.6. The lowest BCUT2D eigenvalue weighted by Crippen LogP contribution is -2.10. The maximum Gasteiger partial charge on any atom is 0.143 e. The second kappa shape index (κ2) is 14.5. The van der Waals surface area contributed by atoms with E-state index >= 15 is 0 Å². The van der Waals surface area contributed by atoms with Crippen LogP contribution in [0, 0.1) is 0 Å². The van der Waals surface area contributed by atoms with Crippen molar-refractivity contribution in [2.24, 2.45) is 0 Å². The number of fused-ring (bicyclic) bond motifs is 9. The van der Waals surface area contributed by atoms with Crippen LogP contribution in [0.2, 0.25) is 0 Å². The summed E-state index contributed by atoms with van der Waals surface area (Å²) in [5, 5.41) is 7.21. The molecular formula is C60H39N3O. The Morgan fingerprint density at radius 1 is 0.297 bits per heavy atom. The van der Waals surface area contributed by atoms with Gasteiger partial charge < -0.3 is 18.5 Å². The van der Waals surface area contributed by atoms with Crippen molar-refractivity contribution in [1.82, 2.24) is 9.13 Å². The monoisotopic (exact) mass is 817 g/mol. The average molecular weight is 818 g/mol. The first-order valence-corrected chi connectivity index (χ1v) is 21.8. The zero-order chi connectivity index (χ0) is 42.1. The maximum absolute atomic E-state index is 6.47. The zero-order valence-electron chi connectivity index (χ0n) is 34.8. The Hall–Kier alpha value is -8.60. The van der Waals surface area contributed by atoms with E-state index in [4.69, 9.17) is 4.42 Å². The van der Waals surface area contributed by atoms with E-state index in [0.717, 1.165) is 72.6 Å². The first kappa shape index (κ1) is 36.1. The molecule has 64 heavy (non-hydrogen) atoms. The van der Waals surface area contributed by atoms with E-state index in [-0.39, 0.29) is 0 Å². The van der Waals surface area contributed by atoms with Gasteiger partial charge in [-0.3, -0.25) is 0 Å². The van der Waals surface area contributed by atoms with Crippen molar-refractivity contribution in [2.75, 3.05) is 4.90 Å². The minimum Gasteiger partial charge on any atom is -0.455 e. The number of rotatable bonds is 7. The molecule has 0 saturated carbocycles. The van der Waals surface area contributed by atoms with Crippen molar-refractivity contribution < 1.29 is 4.42 Å². The molecule has 0 aliphatic rings. The summed E-state index contributed by atoms with van der Waals surface area (Å²) in [7, 11) is 0. The zero-order valence-corrected chi connectivity index (χ0v) is 34.8. The Kier molecular flexibility index (Phi) is 8.18. The smallest absolute Gasteiger partial charge is 0.143 e. The van der Waals surface area contributed by atoms with Gasteiger partial charge >= 0.3 is 0 Å². The van der Waals surface area contributed by atoms with Crippen molar-refractivity contribution in [3.8, 4) is 33.6 Å². The largest absolute Gasteiger partial charge is 0.455 e. The van der Waals surface area contributed by atoms with Gasteiger partial charge in [-0.05, 0) is 102 Å². The molecule has 3 heterocycles. The molecule has 13 rings (SSSR count). The van der Waals surface area contributed by atoms with Crippen molar-refractivity contribution in [1.29, 1.82) is 0 Å². The van der Waals surface area contributed by atoms with Crippen LogP contribution < -0.4 is 4.90 Å². The van der Waals surface area contributed by atoms with Gasteiger partial charge in [-0.1, -0.05) is 152 Å². The molecule has 0 radical (unpaired) electrons. The highest BCUT2D eigenvalue weighted by Gasteiger charge is 2.20. The van der Waals surface area contributed by atoms with Gasteiger partial charge in [0.25, 0.3) is 0 Å². The number of furan rings is 1. The summed E-state index contributed by atoms with van der Waals surface area (Å²) in [5.74, 6) is 0. The van der Waals surface area contributed by atoms with Crippen LogP contribution in [-0.2, 0) is 0 Å². The lowest BCUT2D eigenvalue weighted by atomic mass is 10.0. The Morgan fingerprint density at radius 3 is 1.41 bits per heavy atom. The van der Waals surface area contributed by atoms with E-state index in [9.17, 15) is 0 Å². The van der Waals surface area contributed by atoms with E-state index < -0.39 is 0 Å². The standard InChI is InChI=1S/C60H39N3O/c1-3-14-43(15-4-1)62-55-23-10-7-18-49(55)51-36-30-42(38-57(51)62)40-26-31-45(32-27-40)61(46-33-28-41(29-34-46)48-21-13-22-54-53-20-9-12-25-59(53)64-60(48)54)47-35-37-52-50-19-8-11-24-56(50)63(58(52)39-47)44-16-5-2-6-17-44/h1-39H. The van der Waals surface area contributed by atoms with Gasteiger partial charge in [-0.25, -0.2) is 0 Å². The fourth-order valence-corrected chi connectivity index (χ4v) is 9.97. The first-order valence-electron chi connectivity index (χ1n) is 21.8. The second-order valence-electron chi connectivity index (χ2n) is 16.5. The van der Waals surface area contributed by atoms with Crippen LogP contribution >= 0.6 is 0 Å². The van der Waals surface area contributed by atoms with E-state index in [2.05, 4.69) is 238 Å². The fraction of sp³-hybridized carbons (Fsp3) is 0. The lowest BCUT2D eigenvalue weighted by Gasteiger charge is -2.26. The Balaban J connectivity index is 0.956. The third-order valence-electron chi connectivity index (χ3n) is 12.9. The summed E-state index contributed by atoms with van der Waals surface area (Å²) in [6.45, 7) is 0. The molecule has 0 amide bonds. The molecule has 300 valence electrons. The number of anilines is 3. The molecule has 0 fully saturated rings. The van der Waals surface area contributed by atoms with Crippen LogP contribution in [0.25, 0.3) is 99.2 Å². The topological polar surface area (TPSA) is 26.2 Å². The fourth-order valence-electron chi connectivity index (χ4n) is 9.97. The van der Waals surface area contributed by atoms with Crippen LogP contribution in [0.3, 0.4) is 0 Å². The van der Waals surface area contributed by atoms with Gasteiger partial charge in [-0.15, -0.1) is 0 Å². The number of hydrogen-bond acceptors (Lipinski definition) is 2. The van der Waals surface area contributed by atoms with Crippen molar-refractivity contribution >= 4 is 82.6 Å². The molecule has 0 unspecified atom stereocenters. The number of para-hydroxylation sites is 6. The summed E-state index contributed by atoms with van der Waals surface area (Å²) >= 11 is 0. The van der Waals surface area contributed by atoms with Crippen molar-refractivity contribution in [3.05, 3.63) is 237 Å². The van der Waals surface area contributed by atoms with Crippen molar-refractivity contribution in [3.63, 3.8) is 0 Å². The molecule has 0 bridgehead atoms. The molecule has 4 nitrogen and oxygen atoms in total. The Labute approximate surface area is 369 Å². The molecule has 0 atom stereocenters. The lowest BCUT2D eigenvalue weighted by molar-refractivity contribution is 0.670. The van der Waals surface area contributed by atoms with E-state index in [1.807, 2.05) is 12.1 Å². The predicted molar refractivity (Wildman–Crippen MR) is 268 cm³/mol. The molecule has 0 aliphatic carbocycles. The second-order valence-corrected chi connectivity index (χ2v) is 16.5. The molecule has 10 aromatic carbocycles. The normalized spacial score (nSPS) is 11.8. The third-order valence-corrected chi connectivity index (χ3v) is 12.9. The molecular weight excluding hydrogens is 779 g/mol. The number of hydrogen-bond donors (Lipinski definition) is 0. The van der Waals surface area contributed by atoms with Crippen LogP contribution in [0.1, 0.15) is 0 Å². The summed E-state index contributed by atoms with van der Waals surface area (Å²) in [6, 6.07) is 85.1. The Morgan fingerprint density at radius 2 is 0.766 bits per heavy atom. The highest BCUT2D eigenvalue weighted by Crippen LogP contribution is 2.43. The number of nitrogens with zero attached hydrogens (tertiary/aromatic N) is 3. The van der Waals surface area contributed by atoms with Crippen LogP contribution in [0.15, 0.2) is 241 Å². The molecule has 0 N–H and O–H groups in total. The van der Waals surface area contributed by atoms with E-state index in [1.165, 1.54) is 43.7 Å². The summed E-state index contributed by atoms with van der Waals surface area (Å²) < 4.78 is 11.2. The van der Waals surface area contributed by atoms with Crippen LogP contribution in [-0.4, -0.2) is 9.13 Å². The van der Waals surface area contributed by atoms with Crippen LogP contribution in [0.5, 0.6) is 0 Å². The summed E-state index contributed by atoms with van der Waals surface area (Å²) in [4.78, 5) is 2.37. The van der Waals surface area contributed by atoms with Gasteiger partial charge in [0.15, 0.2) is 0 Å². The van der Waals surface area contributed by atoms with E-state index in [0.29, 0.717) is 0 Å². The van der Waals surface area contributed by atoms with Gasteiger partial charge in [0.05, 0.1) is 22.1 Å². The highest BCUT2D eigenvalue weighted by atomic mass is 16.3. The van der Waals surface area contributed by atoms with Crippen molar-refractivity contribution in [2.45, 2.75) is 0 Å². The third kappa shape index (κ3) is 5.70. The Bertz CT molecular complexity index is 3880. The molecule has 13 aromatic rings. The first-order chi connectivity index (χ1) is 31.7. The SMILES string of the molecule is c1ccc(-n2c3ccccc3c3ccc(-c4ccc(N(c5ccc(-c6cccc7c6oc6ccccc67)cc5)c5ccc6c7ccccc7n(-c7ccccc7)c6c5)cc4)cc32)cc1. The molecule has 0 spiro atoms. The molecule has 4 heteroatoms. The summed E-state index contributed by atoms with van der Waals surface area (Å²) in [6.07, 6.45) is 0. The van der Waals surface area contributed by atoms with Crippen LogP contribution in [0.4, 0.5) is 17.1 Å². The van der Waals surface area contributed by atoms with E-state index in [1.54, 1.807) is 0 Å². The van der Waals surface area contributed by atoms with Gasteiger partial charge in [0.1, 0.15) is 11.2 Å². The number of aromatic nitrogens is 2. The van der Waals surface area contributed by atoms with Gasteiger partial charge in [-0.2, -0.15) is 0 Å². The van der Waals surface area contributed by atoms with Gasteiger partial charge in [0.2, 0.25) is 0 Å². The summed E-state index contributed by atoms with van der Waals surface area (Å²) in [5.41, 5.74) is 16.5. The quantitative estimate of drug-likeness (QED) is 0.160. The molecule has 0 saturated heterocycles. The minimum atomic E-state index is 0.901. The molecule has 0 aliphatic heterocycles. The average Bonchev–Trinajstić information content (AvgIpc) is 4.02.